The zero-order chi connectivity index (χ0) is 22.7. The third-order valence-corrected chi connectivity index (χ3v) is 6.69. The van der Waals surface area contributed by atoms with Gasteiger partial charge in [0.2, 0.25) is 5.91 Å². The smallest absolute Gasteiger partial charge is 0.219 e. The summed E-state index contributed by atoms with van der Waals surface area (Å²) in [5.74, 6) is 3.03. The lowest BCUT2D eigenvalue weighted by Crippen LogP contribution is -2.46. The van der Waals surface area contributed by atoms with Gasteiger partial charge in [-0.1, -0.05) is 12.1 Å². The highest BCUT2D eigenvalue weighted by Gasteiger charge is 2.33. The minimum absolute atomic E-state index is 0.0195. The van der Waals surface area contributed by atoms with Crippen LogP contribution < -0.4 is 14.2 Å². The first-order valence-electron chi connectivity index (χ1n) is 11.4. The number of nitrogens with zero attached hydrogens (tertiary/aromatic N) is 2. The highest BCUT2D eigenvalue weighted by Crippen LogP contribution is 2.33. The van der Waals surface area contributed by atoms with Crippen molar-refractivity contribution in [3.8, 4) is 17.2 Å². The molecule has 0 radical (unpaired) electrons. The standard InChI is InChI=1S/C26H34N2O4/c1-18-12-20(7-9-24(18)31-4)14-27-11-5-6-21(15-27)26-17-28(19(2)29)16-22-13-23(30-3)8-10-25(22)32-26/h7-10,12-13,21,26H,5-6,11,14-17H2,1-4H3. The van der Waals surface area contributed by atoms with Crippen molar-refractivity contribution in [3.05, 3.63) is 53.1 Å². The highest BCUT2D eigenvalue weighted by molar-refractivity contribution is 5.73. The summed E-state index contributed by atoms with van der Waals surface area (Å²) in [6, 6.07) is 12.3. The third kappa shape index (κ3) is 5.01. The van der Waals surface area contributed by atoms with Crippen molar-refractivity contribution in [3.63, 3.8) is 0 Å². The molecule has 6 heteroatoms. The van der Waals surface area contributed by atoms with E-state index in [0.717, 1.165) is 60.9 Å². The molecule has 2 aliphatic heterocycles. The number of hydrogen-bond donors (Lipinski definition) is 0. The summed E-state index contributed by atoms with van der Waals surface area (Å²) in [4.78, 5) is 16.8. The number of methoxy groups -OCH3 is 2. The Labute approximate surface area is 191 Å². The van der Waals surface area contributed by atoms with Crippen LogP contribution in [0.1, 0.15) is 36.5 Å². The van der Waals surface area contributed by atoms with Crippen LogP contribution >= 0.6 is 0 Å². The number of fused-ring (bicyclic) bond motifs is 1. The van der Waals surface area contributed by atoms with Crippen LogP contribution in [0.5, 0.6) is 17.2 Å². The molecule has 2 aromatic rings. The Hall–Kier alpha value is -2.73. The van der Waals surface area contributed by atoms with Crippen LogP contribution in [0.25, 0.3) is 0 Å². The van der Waals surface area contributed by atoms with Gasteiger partial charge < -0.3 is 19.1 Å². The molecule has 2 aliphatic rings. The number of benzene rings is 2. The number of piperidine rings is 1. The summed E-state index contributed by atoms with van der Waals surface area (Å²) in [6.07, 6.45) is 2.23. The average Bonchev–Trinajstić information content (AvgIpc) is 2.99. The van der Waals surface area contributed by atoms with Gasteiger partial charge in [0.15, 0.2) is 0 Å². The molecule has 1 fully saturated rings. The minimum Gasteiger partial charge on any atom is -0.497 e. The van der Waals surface area contributed by atoms with Crippen molar-refractivity contribution >= 4 is 5.91 Å². The van der Waals surface area contributed by atoms with Crippen LogP contribution in [0.4, 0.5) is 0 Å². The number of carbonyl (C=O) groups is 1. The van der Waals surface area contributed by atoms with E-state index >= 15 is 0 Å². The average molecular weight is 439 g/mol. The first-order chi connectivity index (χ1) is 15.5. The second kappa shape index (κ2) is 9.82. The van der Waals surface area contributed by atoms with Gasteiger partial charge in [0.1, 0.15) is 23.4 Å². The monoisotopic (exact) mass is 438 g/mol. The fourth-order valence-electron chi connectivity index (χ4n) is 4.93. The summed E-state index contributed by atoms with van der Waals surface area (Å²) >= 11 is 0. The molecule has 172 valence electrons. The molecule has 0 aliphatic carbocycles. The summed E-state index contributed by atoms with van der Waals surface area (Å²) < 4.78 is 17.3. The molecule has 2 aromatic carbocycles. The molecule has 0 N–H and O–H groups in total. The van der Waals surface area contributed by atoms with E-state index in [0.29, 0.717) is 19.0 Å². The predicted octanol–water partition coefficient (Wildman–Crippen LogP) is 4.03. The van der Waals surface area contributed by atoms with Gasteiger partial charge in [-0.3, -0.25) is 9.69 Å². The highest BCUT2D eigenvalue weighted by atomic mass is 16.5. The van der Waals surface area contributed by atoms with E-state index in [9.17, 15) is 4.79 Å². The molecule has 0 spiro atoms. The summed E-state index contributed by atoms with van der Waals surface area (Å²) in [7, 11) is 3.37. The molecule has 2 unspecified atom stereocenters. The van der Waals surface area contributed by atoms with Crippen molar-refractivity contribution in [2.45, 2.75) is 45.9 Å². The Morgan fingerprint density at radius 2 is 1.97 bits per heavy atom. The number of amides is 1. The molecule has 0 bridgehead atoms. The van der Waals surface area contributed by atoms with Gasteiger partial charge in [-0.25, -0.2) is 0 Å². The van der Waals surface area contributed by atoms with Crippen molar-refractivity contribution in [2.75, 3.05) is 33.9 Å². The second-order valence-electron chi connectivity index (χ2n) is 8.97. The maximum Gasteiger partial charge on any atom is 0.219 e. The topological polar surface area (TPSA) is 51.2 Å². The summed E-state index contributed by atoms with van der Waals surface area (Å²) in [5, 5.41) is 0. The van der Waals surface area contributed by atoms with Crippen LogP contribution in [-0.4, -0.2) is 55.7 Å². The number of ether oxygens (including phenoxy) is 3. The van der Waals surface area contributed by atoms with Crippen molar-refractivity contribution in [1.82, 2.24) is 9.80 Å². The van der Waals surface area contributed by atoms with Gasteiger partial charge in [-0.2, -0.15) is 0 Å². The van der Waals surface area contributed by atoms with Gasteiger partial charge in [-0.05, 0) is 61.7 Å². The van der Waals surface area contributed by atoms with Crippen LogP contribution in [0, 0.1) is 12.8 Å². The maximum absolute atomic E-state index is 12.4. The normalized spacial score (nSPS) is 21.3. The van der Waals surface area contributed by atoms with Crippen molar-refractivity contribution in [2.24, 2.45) is 5.92 Å². The molecular formula is C26H34N2O4. The van der Waals surface area contributed by atoms with E-state index in [1.54, 1.807) is 21.1 Å². The molecular weight excluding hydrogens is 404 g/mol. The van der Waals surface area contributed by atoms with Gasteiger partial charge in [0.25, 0.3) is 0 Å². The van der Waals surface area contributed by atoms with Gasteiger partial charge in [0.05, 0.1) is 20.8 Å². The molecule has 1 saturated heterocycles. The van der Waals surface area contributed by atoms with E-state index < -0.39 is 0 Å². The molecule has 6 nitrogen and oxygen atoms in total. The molecule has 1 amide bonds. The van der Waals surface area contributed by atoms with E-state index in [2.05, 4.69) is 30.0 Å². The Morgan fingerprint density at radius 3 is 2.69 bits per heavy atom. The summed E-state index contributed by atoms with van der Waals surface area (Å²) in [5.41, 5.74) is 3.46. The van der Waals surface area contributed by atoms with Gasteiger partial charge >= 0.3 is 0 Å². The molecule has 0 saturated carbocycles. The maximum atomic E-state index is 12.4. The molecule has 4 rings (SSSR count). The number of carbonyl (C=O) groups excluding carboxylic acids is 1. The number of likely N-dealkylation sites (tertiary alicyclic amines) is 1. The fraction of sp³-hybridized carbons (Fsp3) is 0.500. The van der Waals surface area contributed by atoms with Crippen LogP contribution in [-0.2, 0) is 17.9 Å². The van der Waals surface area contributed by atoms with E-state index in [1.165, 1.54) is 5.56 Å². The predicted molar refractivity (Wildman–Crippen MR) is 124 cm³/mol. The van der Waals surface area contributed by atoms with E-state index in [-0.39, 0.29) is 12.0 Å². The SMILES string of the molecule is COc1ccc2c(c1)CN(C(C)=O)CC(C1CCCN(Cc3ccc(OC)c(C)c3)C1)O2. The molecule has 2 atom stereocenters. The fourth-order valence-corrected chi connectivity index (χ4v) is 4.93. The Balaban J connectivity index is 1.49. The molecule has 0 aromatic heterocycles. The summed E-state index contributed by atoms with van der Waals surface area (Å²) in [6.45, 7) is 7.86. The Bertz CT molecular complexity index is 961. The Kier molecular flexibility index (Phi) is 6.89. The number of aryl methyl sites for hydroxylation is 1. The lowest BCUT2D eigenvalue weighted by Gasteiger charge is -2.37. The van der Waals surface area contributed by atoms with E-state index in [4.69, 9.17) is 14.2 Å². The van der Waals surface area contributed by atoms with Gasteiger partial charge in [0, 0.05) is 38.0 Å². The number of hydrogen-bond acceptors (Lipinski definition) is 5. The minimum atomic E-state index is -0.0195. The zero-order valence-corrected chi connectivity index (χ0v) is 19.6. The van der Waals surface area contributed by atoms with Crippen LogP contribution in [0.2, 0.25) is 0 Å². The first kappa shape index (κ1) is 22.5. The van der Waals surface area contributed by atoms with Crippen LogP contribution in [0.3, 0.4) is 0 Å². The second-order valence-corrected chi connectivity index (χ2v) is 8.97. The largest absolute Gasteiger partial charge is 0.497 e. The number of rotatable bonds is 5. The van der Waals surface area contributed by atoms with Crippen molar-refractivity contribution in [1.29, 1.82) is 0 Å². The lowest BCUT2D eigenvalue weighted by atomic mass is 9.91. The lowest BCUT2D eigenvalue weighted by molar-refractivity contribution is -0.130. The first-order valence-corrected chi connectivity index (χ1v) is 11.4. The quantitative estimate of drug-likeness (QED) is 0.705. The zero-order valence-electron chi connectivity index (χ0n) is 19.6. The van der Waals surface area contributed by atoms with Gasteiger partial charge in [-0.15, -0.1) is 0 Å². The molecule has 32 heavy (non-hydrogen) atoms. The van der Waals surface area contributed by atoms with Crippen LogP contribution in [0.15, 0.2) is 36.4 Å². The third-order valence-electron chi connectivity index (χ3n) is 6.69. The Morgan fingerprint density at radius 1 is 1.12 bits per heavy atom. The molecule has 2 heterocycles. The van der Waals surface area contributed by atoms with Crippen molar-refractivity contribution < 1.29 is 19.0 Å². The van der Waals surface area contributed by atoms with E-state index in [1.807, 2.05) is 23.1 Å².